The van der Waals surface area contributed by atoms with Crippen LogP contribution in [0.1, 0.15) is 42.4 Å². The Balaban J connectivity index is 1.52. The number of carbonyl (C=O) groups is 1. The van der Waals surface area contributed by atoms with Crippen LogP contribution in [0.2, 0.25) is 0 Å². The van der Waals surface area contributed by atoms with E-state index in [1.54, 1.807) is 0 Å². The van der Waals surface area contributed by atoms with Crippen molar-refractivity contribution >= 4 is 17.4 Å². The molecule has 1 fully saturated rings. The molecule has 2 N–H and O–H groups in total. The largest absolute Gasteiger partial charge is 0.373 e. The van der Waals surface area contributed by atoms with E-state index in [0.717, 1.165) is 61.8 Å². The number of nitrogens with zero attached hydrogens (tertiary/aromatic N) is 4. The van der Waals surface area contributed by atoms with E-state index in [2.05, 4.69) is 33.7 Å². The number of para-hydroxylation sites is 1. The van der Waals surface area contributed by atoms with E-state index < -0.39 is 0 Å². The minimum Gasteiger partial charge on any atom is -0.373 e. The average molecular weight is 395 g/mol. The van der Waals surface area contributed by atoms with Crippen LogP contribution in [0.25, 0.3) is 0 Å². The van der Waals surface area contributed by atoms with E-state index >= 15 is 0 Å². The minimum atomic E-state index is 0.0860. The van der Waals surface area contributed by atoms with Crippen molar-refractivity contribution in [2.24, 2.45) is 0 Å². The lowest BCUT2D eigenvalue weighted by Crippen LogP contribution is -2.42. The summed E-state index contributed by atoms with van der Waals surface area (Å²) < 4.78 is 0. The molecule has 7 heteroatoms. The summed E-state index contributed by atoms with van der Waals surface area (Å²) in [6, 6.07) is 10.3. The first-order valence-electron chi connectivity index (χ1n) is 10.5. The first-order chi connectivity index (χ1) is 14.2. The number of rotatable bonds is 6. The number of nitrogens with one attached hydrogen (secondary N) is 2. The topological polar surface area (TPSA) is 73.4 Å². The lowest BCUT2D eigenvalue weighted by Gasteiger charge is -2.32. The van der Waals surface area contributed by atoms with Crippen molar-refractivity contribution < 1.29 is 4.79 Å². The van der Waals surface area contributed by atoms with E-state index in [4.69, 9.17) is 9.97 Å². The molecule has 0 radical (unpaired) electrons. The highest BCUT2D eigenvalue weighted by Crippen LogP contribution is 2.32. The van der Waals surface area contributed by atoms with Gasteiger partial charge < -0.3 is 15.5 Å². The summed E-state index contributed by atoms with van der Waals surface area (Å²) in [5, 5.41) is 6.29. The van der Waals surface area contributed by atoms with Crippen LogP contribution >= 0.6 is 0 Å². The Morgan fingerprint density at radius 3 is 2.86 bits per heavy atom. The molecule has 2 aliphatic rings. The molecule has 2 aromatic rings. The number of fused-ring (bicyclic) bond motifs is 1. The van der Waals surface area contributed by atoms with E-state index in [1.807, 2.05) is 31.1 Å². The number of hydrogen-bond donors (Lipinski definition) is 2. The molecule has 0 bridgehead atoms. The Hall–Kier alpha value is -2.51. The zero-order chi connectivity index (χ0) is 20.2. The zero-order valence-corrected chi connectivity index (χ0v) is 17.3. The number of benzene rings is 1. The first kappa shape index (κ1) is 19.8. The van der Waals surface area contributed by atoms with Crippen molar-refractivity contribution in [3.8, 4) is 0 Å². The van der Waals surface area contributed by atoms with Crippen LogP contribution in [0.4, 0.5) is 11.5 Å². The number of amides is 1. The molecule has 3 heterocycles. The van der Waals surface area contributed by atoms with E-state index in [0.29, 0.717) is 13.1 Å². The van der Waals surface area contributed by atoms with Gasteiger partial charge >= 0.3 is 0 Å². The summed E-state index contributed by atoms with van der Waals surface area (Å²) in [6.45, 7) is 2.81. The standard InChI is InChI=1S/C22H30N6O/c1-23-14-17-13-20(24-2)26-22(25-17)19-10-6-11-27(19)15-21(29)28-12-5-8-16-7-3-4-9-18(16)28/h3-4,7,9,13,19,23H,5-6,8,10-12,14-15H2,1-2H3,(H,24,25,26)/t19-/m0/s1. The smallest absolute Gasteiger partial charge is 0.241 e. The Morgan fingerprint density at radius 2 is 2.03 bits per heavy atom. The van der Waals surface area contributed by atoms with E-state index in [1.165, 1.54) is 5.56 Å². The van der Waals surface area contributed by atoms with Gasteiger partial charge in [0.05, 0.1) is 18.3 Å². The van der Waals surface area contributed by atoms with Crippen molar-refractivity contribution in [2.45, 2.75) is 38.3 Å². The Bertz CT molecular complexity index is 870. The van der Waals surface area contributed by atoms with Crippen molar-refractivity contribution in [3.63, 3.8) is 0 Å². The summed E-state index contributed by atoms with van der Waals surface area (Å²) >= 11 is 0. The summed E-state index contributed by atoms with van der Waals surface area (Å²) in [6.07, 6.45) is 4.11. The van der Waals surface area contributed by atoms with Crippen molar-refractivity contribution in [1.29, 1.82) is 0 Å². The monoisotopic (exact) mass is 394 g/mol. The normalized spacial score (nSPS) is 19.2. The molecule has 29 heavy (non-hydrogen) atoms. The van der Waals surface area contributed by atoms with E-state index in [9.17, 15) is 4.79 Å². The second-order valence-corrected chi connectivity index (χ2v) is 7.79. The Labute approximate surface area is 172 Å². The number of aryl methyl sites for hydroxylation is 1. The lowest BCUT2D eigenvalue weighted by molar-refractivity contribution is -0.120. The molecular formula is C22H30N6O. The molecule has 4 rings (SSSR count). The maximum atomic E-state index is 13.2. The molecule has 2 aliphatic heterocycles. The Kier molecular flexibility index (Phi) is 6.06. The first-order valence-corrected chi connectivity index (χ1v) is 10.5. The Morgan fingerprint density at radius 1 is 1.17 bits per heavy atom. The average Bonchev–Trinajstić information content (AvgIpc) is 3.21. The predicted molar refractivity (Wildman–Crippen MR) is 115 cm³/mol. The summed E-state index contributed by atoms with van der Waals surface area (Å²) in [4.78, 5) is 26.9. The van der Waals surface area contributed by atoms with Gasteiger partial charge in [-0.2, -0.15) is 0 Å². The molecule has 154 valence electrons. The maximum absolute atomic E-state index is 13.2. The molecule has 0 aliphatic carbocycles. The molecule has 0 unspecified atom stereocenters. The number of hydrogen-bond acceptors (Lipinski definition) is 6. The number of likely N-dealkylation sites (tertiary alicyclic amines) is 1. The lowest BCUT2D eigenvalue weighted by atomic mass is 10.0. The van der Waals surface area contributed by atoms with Crippen LogP contribution in [0, 0.1) is 0 Å². The van der Waals surface area contributed by atoms with Gasteiger partial charge in [0, 0.05) is 31.9 Å². The highest BCUT2D eigenvalue weighted by atomic mass is 16.2. The van der Waals surface area contributed by atoms with Gasteiger partial charge in [0.1, 0.15) is 11.6 Å². The van der Waals surface area contributed by atoms with Gasteiger partial charge in [0.25, 0.3) is 0 Å². The summed E-state index contributed by atoms with van der Waals surface area (Å²) in [7, 11) is 3.79. The quantitative estimate of drug-likeness (QED) is 0.784. The van der Waals surface area contributed by atoms with Gasteiger partial charge in [-0.3, -0.25) is 9.69 Å². The third kappa shape index (κ3) is 4.26. The minimum absolute atomic E-state index is 0.0860. The van der Waals surface area contributed by atoms with Gasteiger partial charge in [-0.05, 0) is 50.9 Å². The molecule has 0 saturated carbocycles. The maximum Gasteiger partial charge on any atom is 0.241 e. The van der Waals surface area contributed by atoms with Crippen LogP contribution in [0.15, 0.2) is 30.3 Å². The van der Waals surface area contributed by atoms with E-state index in [-0.39, 0.29) is 11.9 Å². The predicted octanol–water partition coefficient (Wildman–Crippen LogP) is 2.35. The molecule has 1 amide bonds. The number of aromatic nitrogens is 2. The van der Waals surface area contributed by atoms with Crippen molar-refractivity contribution in [1.82, 2.24) is 20.2 Å². The van der Waals surface area contributed by atoms with Crippen LogP contribution in [0.5, 0.6) is 0 Å². The fourth-order valence-corrected chi connectivity index (χ4v) is 4.43. The fourth-order valence-electron chi connectivity index (χ4n) is 4.43. The van der Waals surface area contributed by atoms with Crippen LogP contribution < -0.4 is 15.5 Å². The van der Waals surface area contributed by atoms with Crippen LogP contribution in [0.3, 0.4) is 0 Å². The second-order valence-electron chi connectivity index (χ2n) is 7.79. The van der Waals surface area contributed by atoms with Crippen LogP contribution in [-0.2, 0) is 17.8 Å². The third-order valence-corrected chi connectivity index (χ3v) is 5.82. The SMILES string of the molecule is CNCc1cc(NC)nc([C@@H]2CCCN2CC(=O)N2CCCc3ccccc32)n1. The summed E-state index contributed by atoms with van der Waals surface area (Å²) in [5.74, 6) is 1.80. The molecule has 1 atom stereocenters. The highest BCUT2D eigenvalue weighted by Gasteiger charge is 2.32. The van der Waals surface area contributed by atoms with Gasteiger partial charge in [0.2, 0.25) is 5.91 Å². The fraction of sp³-hybridized carbons (Fsp3) is 0.500. The van der Waals surface area contributed by atoms with Gasteiger partial charge in [-0.15, -0.1) is 0 Å². The molecule has 1 saturated heterocycles. The number of anilines is 2. The van der Waals surface area contributed by atoms with Crippen molar-refractivity contribution in [2.75, 3.05) is 43.9 Å². The molecule has 1 aromatic carbocycles. The van der Waals surface area contributed by atoms with Gasteiger partial charge in [0.15, 0.2) is 0 Å². The molecular weight excluding hydrogens is 364 g/mol. The molecule has 0 spiro atoms. The number of carbonyl (C=O) groups excluding carboxylic acids is 1. The third-order valence-electron chi connectivity index (χ3n) is 5.82. The van der Waals surface area contributed by atoms with Gasteiger partial charge in [-0.25, -0.2) is 9.97 Å². The highest BCUT2D eigenvalue weighted by molar-refractivity contribution is 5.96. The zero-order valence-electron chi connectivity index (χ0n) is 17.3. The molecule has 1 aromatic heterocycles. The van der Waals surface area contributed by atoms with Gasteiger partial charge in [-0.1, -0.05) is 18.2 Å². The second kappa shape index (κ2) is 8.88. The van der Waals surface area contributed by atoms with Crippen molar-refractivity contribution in [3.05, 3.63) is 47.4 Å². The summed E-state index contributed by atoms with van der Waals surface area (Å²) in [5.41, 5.74) is 3.31. The molecule has 7 nitrogen and oxygen atoms in total. The van der Waals surface area contributed by atoms with Crippen LogP contribution in [-0.4, -0.2) is 54.5 Å².